The van der Waals surface area contributed by atoms with Crippen LogP contribution in [0.3, 0.4) is 0 Å². The standard InChI is InChI=1S/C42H52ClN7O8S/c1-8-24-18-42(24,38(53)55-7)49-36(51)30-16-26(19-50(30)37(52)35(41(4,5)6)48-40(54)58-25-14-22-13-23(22)15-25)57-32-17-28(29-20-59-39(47-29)45-21(2)3)46-34-27(32)9-10-31(33(34)43)56-12-11-44/h9-10,17,20-26,30,35H,8,12-16,18-19H2,1-7H3,(H,45,47)(H,48,54)(H,49,51)/t22-,23+,24-,25+,26+,30+,35?,42-/m1/s1. The first-order valence-electron chi connectivity index (χ1n) is 20.2. The number of rotatable bonds is 14. The topological polar surface area (TPSA) is 194 Å². The number of halogens is 1. The molecule has 8 atom stereocenters. The number of benzene rings is 1. The van der Waals surface area contributed by atoms with Crippen LogP contribution >= 0.6 is 22.9 Å². The smallest absolute Gasteiger partial charge is 0.408 e. The predicted octanol–water partition coefficient (Wildman–Crippen LogP) is 6.48. The van der Waals surface area contributed by atoms with Crippen molar-refractivity contribution < 1.29 is 38.1 Å². The summed E-state index contributed by atoms with van der Waals surface area (Å²) in [4.78, 5) is 66.6. The Hall–Kier alpha value is -4.88. The number of carbonyl (C=O) groups excluding carboxylic acids is 4. The number of thiazole rings is 1. The summed E-state index contributed by atoms with van der Waals surface area (Å²) < 4.78 is 23.2. The maximum atomic E-state index is 14.8. The molecule has 4 fully saturated rings. The van der Waals surface area contributed by atoms with E-state index in [1.165, 1.54) is 29.8 Å². The number of nitrogens with one attached hydrogen (secondary N) is 3. The van der Waals surface area contributed by atoms with Gasteiger partial charge in [-0.25, -0.2) is 19.6 Å². The number of fused-ring (bicyclic) bond motifs is 2. The van der Waals surface area contributed by atoms with Gasteiger partial charge in [0.1, 0.15) is 58.1 Å². The molecule has 1 aromatic carbocycles. The van der Waals surface area contributed by atoms with E-state index in [1.807, 2.05) is 53.0 Å². The quantitative estimate of drug-likeness (QED) is 0.150. The minimum Gasteiger partial charge on any atom is -0.488 e. The summed E-state index contributed by atoms with van der Waals surface area (Å²) in [6.45, 7) is 11.2. The fraction of sp³-hybridized carbons (Fsp3) is 0.595. The number of hydrogen-bond acceptors (Lipinski definition) is 13. The number of ether oxygens (including phenoxy) is 4. The van der Waals surface area contributed by atoms with Crippen molar-refractivity contribution in [1.29, 1.82) is 5.26 Å². The number of pyridine rings is 1. The summed E-state index contributed by atoms with van der Waals surface area (Å²) in [6.07, 6.45) is 2.34. The van der Waals surface area contributed by atoms with Crippen molar-refractivity contribution in [2.75, 3.05) is 25.6 Å². The fourth-order valence-corrected chi connectivity index (χ4v) is 9.67. The average molecular weight is 850 g/mol. The lowest BCUT2D eigenvalue weighted by Gasteiger charge is -2.35. The number of amides is 3. The first-order valence-corrected chi connectivity index (χ1v) is 21.5. The number of likely N-dealkylation sites (tertiary alicyclic amines) is 1. The molecule has 2 aromatic heterocycles. The molecule has 3 amide bonds. The van der Waals surface area contributed by atoms with E-state index < -0.39 is 53.0 Å². The number of carbonyl (C=O) groups is 4. The lowest BCUT2D eigenvalue weighted by atomic mass is 9.85. The normalized spacial score (nSPS) is 26.1. The molecule has 7 rings (SSSR count). The summed E-state index contributed by atoms with van der Waals surface area (Å²) in [6, 6.07) is 5.07. The Balaban J connectivity index is 1.21. The molecule has 316 valence electrons. The number of esters is 1. The second kappa shape index (κ2) is 16.6. The van der Waals surface area contributed by atoms with Crippen LogP contribution in [-0.2, 0) is 23.9 Å². The third-order valence-corrected chi connectivity index (χ3v) is 12.9. The van der Waals surface area contributed by atoms with Crippen LogP contribution in [-0.4, -0.2) is 94.9 Å². The molecular formula is C42H52ClN7O8S. The molecule has 3 heterocycles. The molecule has 3 saturated carbocycles. The highest BCUT2D eigenvalue weighted by molar-refractivity contribution is 7.14. The maximum absolute atomic E-state index is 14.8. The molecule has 3 aliphatic carbocycles. The van der Waals surface area contributed by atoms with Crippen LogP contribution in [0.2, 0.25) is 5.02 Å². The van der Waals surface area contributed by atoms with E-state index in [-0.39, 0.29) is 48.4 Å². The van der Waals surface area contributed by atoms with Gasteiger partial charge in [-0.3, -0.25) is 9.59 Å². The number of anilines is 1. The number of nitrogens with zero attached hydrogens (tertiary/aromatic N) is 4. The van der Waals surface area contributed by atoms with E-state index in [1.54, 1.807) is 18.2 Å². The van der Waals surface area contributed by atoms with Crippen molar-refractivity contribution in [2.24, 2.45) is 23.2 Å². The van der Waals surface area contributed by atoms with E-state index in [0.717, 1.165) is 12.8 Å². The Labute approximate surface area is 352 Å². The number of alkyl carbamates (subject to hydrolysis) is 1. The Morgan fingerprint density at radius 1 is 1.07 bits per heavy atom. The van der Waals surface area contributed by atoms with Crippen LogP contribution < -0.4 is 25.4 Å². The first-order chi connectivity index (χ1) is 28.0. The molecule has 3 N–H and O–H groups in total. The van der Waals surface area contributed by atoms with Gasteiger partial charge in [0.15, 0.2) is 11.7 Å². The molecule has 4 aliphatic rings. The molecule has 17 heteroatoms. The van der Waals surface area contributed by atoms with Gasteiger partial charge in [-0.05, 0) is 74.8 Å². The highest BCUT2D eigenvalue weighted by atomic mass is 35.5. The van der Waals surface area contributed by atoms with Crippen molar-refractivity contribution in [2.45, 2.75) is 116 Å². The summed E-state index contributed by atoms with van der Waals surface area (Å²) in [7, 11) is 1.29. The molecule has 59 heavy (non-hydrogen) atoms. The third-order valence-electron chi connectivity index (χ3n) is 11.8. The Bertz CT molecular complexity index is 2160. The minimum atomic E-state index is -1.20. The number of nitriles is 1. The van der Waals surface area contributed by atoms with E-state index >= 15 is 0 Å². The monoisotopic (exact) mass is 849 g/mol. The van der Waals surface area contributed by atoms with Crippen LogP contribution in [0.4, 0.5) is 9.93 Å². The molecule has 15 nitrogen and oxygen atoms in total. The number of methoxy groups -OCH3 is 1. The summed E-state index contributed by atoms with van der Waals surface area (Å²) in [5.74, 6) is 0.165. The zero-order valence-electron chi connectivity index (χ0n) is 34.4. The molecular weight excluding hydrogens is 798 g/mol. The molecule has 1 saturated heterocycles. The average Bonchev–Trinajstić information content (AvgIpc) is 3.85. The van der Waals surface area contributed by atoms with Gasteiger partial charge in [0.05, 0.1) is 24.9 Å². The molecule has 3 aromatic rings. The van der Waals surface area contributed by atoms with Gasteiger partial charge in [-0.2, -0.15) is 5.26 Å². The van der Waals surface area contributed by atoms with E-state index in [9.17, 15) is 19.2 Å². The van der Waals surface area contributed by atoms with Crippen molar-refractivity contribution in [3.05, 3.63) is 28.6 Å². The number of hydrogen-bond donors (Lipinski definition) is 3. The highest BCUT2D eigenvalue weighted by Gasteiger charge is 2.62. The summed E-state index contributed by atoms with van der Waals surface area (Å²) in [5.41, 5.74) is -0.616. The largest absolute Gasteiger partial charge is 0.488 e. The number of aromatic nitrogens is 2. The fourth-order valence-electron chi connectivity index (χ4n) is 8.55. The van der Waals surface area contributed by atoms with Gasteiger partial charge in [0.2, 0.25) is 11.8 Å². The van der Waals surface area contributed by atoms with E-state index in [4.69, 9.17) is 45.8 Å². The Morgan fingerprint density at radius 3 is 2.46 bits per heavy atom. The van der Waals surface area contributed by atoms with Crippen LogP contribution in [0.1, 0.15) is 80.1 Å². The SMILES string of the molecule is CC[C@@H]1C[C@]1(NC(=O)[C@@H]1C[C@H](Oc2cc(-c3csc(NC(C)C)n3)nc3c(Cl)c(OCC#N)ccc23)CN1C(=O)C(NC(=O)O[C@@H]1C[C@@H]2C[C@@H]2C1)C(C)(C)C)C(=O)OC. The minimum absolute atomic E-state index is 0.0238. The lowest BCUT2D eigenvalue weighted by molar-refractivity contribution is -0.148. The van der Waals surface area contributed by atoms with Gasteiger partial charge >= 0.3 is 12.1 Å². The Morgan fingerprint density at radius 2 is 1.81 bits per heavy atom. The van der Waals surface area contributed by atoms with Gasteiger partial charge in [-0.15, -0.1) is 11.3 Å². The lowest BCUT2D eigenvalue weighted by Crippen LogP contribution is -2.59. The van der Waals surface area contributed by atoms with E-state index in [2.05, 4.69) is 16.0 Å². The van der Waals surface area contributed by atoms with Crippen molar-refractivity contribution in [3.8, 4) is 29.0 Å². The summed E-state index contributed by atoms with van der Waals surface area (Å²) >= 11 is 8.29. The summed E-state index contributed by atoms with van der Waals surface area (Å²) in [5, 5.41) is 21.5. The van der Waals surface area contributed by atoms with Crippen molar-refractivity contribution >= 4 is 62.8 Å². The van der Waals surface area contributed by atoms with Gasteiger partial charge < -0.3 is 39.8 Å². The highest BCUT2D eigenvalue weighted by Crippen LogP contribution is 2.52. The van der Waals surface area contributed by atoms with Crippen LogP contribution in [0.5, 0.6) is 11.5 Å². The van der Waals surface area contributed by atoms with Crippen LogP contribution in [0, 0.1) is 34.5 Å². The molecule has 0 radical (unpaired) electrons. The first kappa shape index (κ1) is 42.3. The second-order valence-corrected chi connectivity index (χ2v) is 18.7. The van der Waals surface area contributed by atoms with Crippen molar-refractivity contribution in [1.82, 2.24) is 25.5 Å². The van der Waals surface area contributed by atoms with Crippen LogP contribution in [0.15, 0.2) is 23.6 Å². The van der Waals surface area contributed by atoms with Gasteiger partial charge in [0.25, 0.3) is 0 Å². The molecule has 1 unspecified atom stereocenters. The maximum Gasteiger partial charge on any atom is 0.408 e. The van der Waals surface area contributed by atoms with E-state index in [0.29, 0.717) is 57.8 Å². The zero-order chi connectivity index (χ0) is 42.4. The zero-order valence-corrected chi connectivity index (χ0v) is 36.0. The molecule has 0 spiro atoms. The predicted molar refractivity (Wildman–Crippen MR) is 221 cm³/mol. The molecule has 0 bridgehead atoms. The van der Waals surface area contributed by atoms with Gasteiger partial charge in [-0.1, -0.05) is 45.7 Å². The third kappa shape index (κ3) is 8.87. The molecule has 1 aliphatic heterocycles. The van der Waals surface area contributed by atoms with Crippen LogP contribution in [0.25, 0.3) is 22.3 Å². The second-order valence-electron chi connectivity index (χ2n) is 17.5. The van der Waals surface area contributed by atoms with Crippen molar-refractivity contribution in [3.63, 3.8) is 0 Å². The Kier molecular flexibility index (Phi) is 11.9. The van der Waals surface area contributed by atoms with Gasteiger partial charge in [0, 0.05) is 29.3 Å².